The normalized spacial score (nSPS) is 12.6. The highest BCUT2D eigenvalue weighted by atomic mass is 28.3. The van der Waals surface area contributed by atoms with E-state index in [0.717, 1.165) is 11.2 Å². The molecule has 6 rings (SSSR count). The zero-order valence-electron chi connectivity index (χ0n) is 25.4. The number of hydrogen-bond donors (Lipinski definition) is 0. The van der Waals surface area contributed by atoms with E-state index in [1.165, 1.54) is 60.0 Å². The van der Waals surface area contributed by atoms with Crippen molar-refractivity contribution in [3.05, 3.63) is 95.6 Å². The molecule has 40 heavy (non-hydrogen) atoms. The van der Waals surface area contributed by atoms with Crippen molar-refractivity contribution in [1.29, 1.82) is 0 Å². The predicted molar refractivity (Wildman–Crippen MR) is 178 cm³/mol. The lowest BCUT2D eigenvalue weighted by atomic mass is 9.95. The highest BCUT2D eigenvalue weighted by molar-refractivity contribution is 7.01. The number of aryl methyl sites for hydroxylation is 3. The van der Waals surface area contributed by atoms with Gasteiger partial charge in [0.15, 0.2) is 0 Å². The van der Waals surface area contributed by atoms with Crippen LogP contribution >= 0.6 is 0 Å². The second kappa shape index (κ2) is 9.29. The van der Waals surface area contributed by atoms with E-state index in [4.69, 9.17) is 4.42 Å². The van der Waals surface area contributed by atoms with Crippen molar-refractivity contribution in [2.45, 2.75) is 53.5 Å². The van der Waals surface area contributed by atoms with Crippen LogP contribution in [-0.2, 0) is 7.05 Å². The molecule has 0 radical (unpaired) electrons. The van der Waals surface area contributed by atoms with Gasteiger partial charge in [0.25, 0.3) is 0 Å². The molecule has 2 aromatic heterocycles. The lowest BCUT2D eigenvalue weighted by Crippen LogP contribution is -2.55. The first kappa shape index (κ1) is 26.7. The molecule has 4 aromatic carbocycles. The Kier molecular flexibility index (Phi) is 6.21. The fourth-order valence-electron chi connectivity index (χ4n) is 6.60. The van der Waals surface area contributed by atoms with Gasteiger partial charge in [0.2, 0.25) is 11.2 Å². The van der Waals surface area contributed by atoms with E-state index in [2.05, 4.69) is 144 Å². The molecule has 0 atom stereocenters. The van der Waals surface area contributed by atoms with Crippen LogP contribution in [0.3, 0.4) is 0 Å². The largest absolute Gasteiger partial charge is 0.455 e. The van der Waals surface area contributed by atoms with Crippen LogP contribution in [0.4, 0.5) is 0 Å². The van der Waals surface area contributed by atoms with E-state index in [0.29, 0.717) is 0 Å². The summed E-state index contributed by atoms with van der Waals surface area (Å²) in [6.07, 6.45) is 0. The Balaban J connectivity index is 1.78. The highest BCUT2D eigenvalue weighted by Crippen LogP contribution is 2.38. The second-order valence-electron chi connectivity index (χ2n) is 13.1. The second-order valence-corrected chi connectivity index (χ2v) is 22.5. The molecule has 0 spiro atoms. The van der Waals surface area contributed by atoms with Crippen molar-refractivity contribution in [3.8, 4) is 11.3 Å². The molecule has 0 N–H and O–H groups in total. The SMILES string of the molecule is Cc1cc2c(cc1[Si](C)(C)C)c([Si](C)(C)c1ccccc1)cc(-c1c(C)c(C)cc3c1oc1ccccc13)[n+]2C. The molecule has 4 heteroatoms. The van der Waals surface area contributed by atoms with Gasteiger partial charge in [-0.25, -0.2) is 0 Å². The Morgan fingerprint density at radius 3 is 2.02 bits per heavy atom. The van der Waals surface area contributed by atoms with E-state index >= 15 is 0 Å². The van der Waals surface area contributed by atoms with Gasteiger partial charge in [-0.1, -0.05) is 91.6 Å². The molecule has 0 aliphatic rings. The van der Waals surface area contributed by atoms with Gasteiger partial charge in [0.05, 0.1) is 13.6 Å². The monoisotopic (exact) mass is 558 g/mol. The molecule has 0 unspecified atom stereocenters. The van der Waals surface area contributed by atoms with E-state index in [1.54, 1.807) is 5.19 Å². The van der Waals surface area contributed by atoms with Crippen molar-refractivity contribution < 1.29 is 8.98 Å². The molecule has 0 saturated heterocycles. The zero-order chi connectivity index (χ0) is 28.6. The first-order valence-corrected chi connectivity index (χ1v) is 20.9. The summed E-state index contributed by atoms with van der Waals surface area (Å²) in [6, 6.07) is 29.4. The van der Waals surface area contributed by atoms with Gasteiger partial charge in [0.1, 0.15) is 26.3 Å². The van der Waals surface area contributed by atoms with E-state index in [9.17, 15) is 0 Å². The molecule has 2 heterocycles. The summed E-state index contributed by atoms with van der Waals surface area (Å²) in [5.74, 6) is 0. The van der Waals surface area contributed by atoms with Crippen LogP contribution in [0.2, 0.25) is 32.7 Å². The fraction of sp³-hybridized carbons (Fsp3) is 0.250. The summed E-state index contributed by atoms with van der Waals surface area (Å²) >= 11 is 0. The number of benzene rings is 4. The molecule has 6 aromatic rings. The Hall–Kier alpha value is -3.48. The summed E-state index contributed by atoms with van der Waals surface area (Å²) < 4.78 is 9.06. The van der Waals surface area contributed by atoms with Crippen molar-refractivity contribution in [2.24, 2.45) is 7.05 Å². The molecular formula is C36H40NOSi2+. The van der Waals surface area contributed by atoms with Crippen LogP contribution in [0.1, 0.15) is 16.7 Å². The maximum atomic E-state index is 6.64. The van der Waals surface area contributed by atoms with Gasteiger partial charge in [-0.05, 0) is 60.8 Å². The van der Waals surface area contributed by atoms with Gasteiger partial charge in [0, 0.05) is 28.3 Å². The van der Waals surface area contributed by atoms with Gasteiger partial charge in [-0.2, -0.15) is 4.57 Å². The Bertz CT molecular complexity index is 1940. The molecule has 202 valence electrons. The summed E-state index contributed by atoms with van der Waals surface area (Å²) in [5, 5.41) is 8.28. The third kappa shape index (κ3) is 4.08. The number of aromatic nitrogens is 1. The van der Waals surface area contributed by atoms with Crippen LogP contribution in [0.15, 0.2) is 83.3 Å². The van der Waals surface area contributed by atoms with Crippen LogP contribution < -0.4 is 20.1 Å². The van der Waals surface area contributed by atoms with Gasteiger partial charge >= 0.3 is 0 Å². The molecule has 0 fully saturated rings. The Labute approximate surface area is 240 Å². The average Bonchev–Trinajstić information content (AvgIpc) is 3.27. The van der Waals surface area contributed by atoms with Gasteiger partial charge in [-0.15, -0.1) is 0 Å². The van der Waals surface area contributed by atoms with Crippen LogP contribution in [0.25, 0.3) is 44.1 Å². The topological polar surface area (TPSA) is 17.0 Å². The Morgan fingerprint density at radius 1 is 0.650 bits per heavy atom. The van der Waals surface area contributed by atoms with Gasteiger partial charge in [-0.3, -0.25) is 0 Å². The third-order valence-corrected chi connectivity index (χ3v) is 14.7. The molecular weight excluding hydrogens is 519 g/mol. The lowest BCUT2D eigenvalue weighted by Gasteiger charge is -2.27. The molecule has 0 amide bonds. The van der Waals surface area contributed by atoms with Crippen LogP contribution in [0.5, 0.6) is 0 Å². The summed E-state index contributed by atoms with van der Waals surface area (Å²) in [4.78, 5) is 0. The molecule has 0 saturated carbocycles. The summed E-state index contributed by atoms with van der Waals surface area (Å²) in [6.45, 7) is 19.2. The van der Waals surface area contributed by atoms with Crippen LogP contribution in [0, 0.1) is 20.8 Å². The van der Waals surface area contributed by atoms with Crippen molar-refractivity contribution in [1.82, 2.24) is 0 Å². The summed E-state index contributed by atoms with van der Waals surface area (Å²) in [7, 11) is -1.36. The standard InChI is InChI=1S/C36H40NOSi2/c1-23-19-28-27-17-13-14-18-32(27)38-36(28)35(25(23)3)31-22-34(40(8,9)26-15-11-10-12-16-26)29-21-33(39(5,6)7)24(2)20-30(29)37(31)4/h10-22H,1-9H3/q+1. The number of rotatable bonds is 4. The zero-order valence-corrected chi connectivity index (χ0v) is 27.4. The molecule has 0 bridgehead atoms. The number of furan rings is 1. The number of para-hydroxylation sites is 1. The Morgan fingerprint density at radius 2 is 1.32 bits per heavy atom. The smallest absolute Gasteiger partial charge is 0.216 e. The minimum absolute atomic E-state index is 0.946. The molecule has 0 aliphatic carbocycles. The molecule has 2 nitrogen and oxygen atoms in total. The predicted octanol–water partition coefficient (Wildman–Crippen LogP) is 7.52. The quantitative estimate of drug-likeness (QED) is 0.161. The third-order valence-electron chi connectivity index (χ3n) is 9.06. The maximum Gasteiger partial charge on any atom is 0.216 e. The highest BCUT2D eigenvalue weighted by Gasteiger charge is 2.34. The van der Waals surface area contributed by atoms with Crippen molar-refractivity contribution in [2.75, 3.05) is 0 Å². The van der Waals surface area contributed by atoms with Crippen molar-refractivity contribution >= 4 is 64.5 Å². The van der Waals surface area contributed by atoms with Gasteiger partial charge < -0.3 is 4.42 Å². The molecule has 0 aliphatic heterocycles. The average molecular weight is 559 g/mol. The first-order chi connectivity index (χ1) is 18.9. The maximum absolute atomic E-state index is 6.64. The number of fused-ring (bicyclic) bond motifs is 4. The number of pyridine rings is 1. The van der Waals surface area contributed by atoms with E-state index < -0.39 is 16.1 Å². The first-order valence-electron chi connectivity index (χ1n) is 14.4. The van der Waals surface area contributed by atoms with Crippen LogP contribution in [-0.4, -0.2) is 16.1 Å². The summed E-state index contributed by atoms with van der Waals surface area (Å²) in [5.41, 5.74) is 9.64. The van der Waals surface area contributed by atoms with E-state index in [1.807, 2.05) is 0 Å². The minimum Gasteiger partial charge on any atom is -0.455 e. The lowest BCUT2D eigenvalue weighted by molar-refractivity contribution is -0.633. The number of nitrogens with zero attached hydrogens (tertiary/aromatic N) is 1. The van der Waals surface area contributed by atoms with Crippen molar-refractivity contribution in [3.63, 3.8) is 0 Å². The number of hydrogen-bond acceptors (Lipinski definition) is 1. The minimum atomic E-state index is -2.07. The fourth-order valence-corrected chi connectivity index (χ4v) is 11.1. The van der Waals surface area contributed by atoms with E-state index in [-0.39, 0.29) is 0 Å².